The second-order valence-electron chi connectivity index (χ2n) is 6.19. The number of hydrogen-bond donors (Lipinski definition) is 0. The maximum atomic E-state index is 5.76. The molecule has 0 aliphatic carbocycles. The van der Waals surface area contributed by atoms with Crippen LogP contribution in [0.25, 0.3) is 38.5 Å². The van der Waals surface area contributed by atoms with Crippen LogP contribution in [0.5, 0.6) is 0 Å². The van der Waals surface area contributed by atoms with E-state index in [0.29, 0.717) is 0 Å². The van der Waals surface area contributed by atoms with E-state index in [2.05, 4.69) is 40.2 Å². The molecule has 0 amide bonds. The summed E-state index contributed by atoms with van der Waals surface area (Å²) in [6, 6.07) is 18.6. The smallest absolute Gasteiger partial charge is 0.0971 e. The predicted molar refractivity (Wildman–Crippen MR) is 114 cm³/mol. The van der Waals surface area contributed by atoms with Crippen molar-refractivity contribution in [3.8, 4) is 23.5 Å². The first-order chi connectivity index (χ1) is 13.3. The highest BCUT2D eigenvalue weighted by atomic mass is 14.7. The SMILES string of the molecule is C#C/C(=C\C=C/C)c1ccnc2c1ccc1c(-c3ccccc3)ccnc12. The van der Waals surface area contributed by atoms with Gasteiger partial charge in [0.1, 0.15) is 0 Å². The Morgan fingerprint density at radius 1 is 0.889 bits per heavy atom. The first-order valence-electron chi connectivity index (χ1n) is 8.85. The summed E-state index contributed by atoms with van der Waals surface area (Å²) in [5.74, 6) is 2.79. The number of rotatable bonds is 3. The molecule has 27 heavy (non-hydrogen) atoms. The zero-order valence-corrected chi connectivity index (χ0v) is 15.1. The molecule has 0 aliphatic rings. The van der Waals surface area contributed by atoms with E-state index >= 15 is 0 Å². The van der Waals surface area contributed by atoms with Gasteiger partial charge in [0.15, 0.2) is 0 Å². The molecule has 0 aliphatic heterocycles. The molecule has 0 N–H and O–H groups in total. The Morgan fingerprint density at radius 2 is 1.59 bits per heavy atom. The second-order valence-corrected chi connectivity index (χ2v) is 6.19. The largest absolute Gasteiger partial charge is 0.254 e. The monoisotopic (exact) mass is 346 g/mol. The van der Waals surface area contributed by atoms with Crippen LogP contribution in [0.3, 0.4) is 0 Å². The minimum Gasteiger partial charge on any atom is -0.254 e. The Balaban J connectivity index is 2.02. The minimum absolute atomic E-state index is 0.832. The number of pyridine rings is 2. The lowest BCUT2D eigenvalue weighted by Crippen LogP contribution is -1.92. The molecule has 128 valence electrons. The van der Waals surface area contributed by atoms with Gasteiger partial charge in [-0.1, -0.05) is 60.5 Å². The van der Waals surface area contributed by atoms with E-state index in [-0.39, 0.29) is 0 Å². The summed E-state index contributed by atoms with van der Waals surface area (Å²) in [7, 11) is 0. The number of hydrogen-bond acceptors (Lipinski definition) is 2. The molecule has 2 aromatic heterocycles. The first-order valence-corrected chi connectivity index (χ1v) is 8.85. The van der Waals surface area contributed by atoms with Gasteiger partial charge < -0.3 is 0 Å². The average molecular weight is 346 g/mol. The van der Waals surface area contributed by atoms with Crippen molar-refractivity contribution in [2.24, 2.45) is 0 Å². The molecular formula is C25H18N2. The molecule has 0 radical (unpaired) electrons. The highest BCUT2D eigenvalue weighted by molar-refractivity contribution is 6.11. The summed E-state index contributed by atoms with van der Waals surface area (Å²) in [6.45, 7) is 1.97. The van der Waals surface area contributed by atoms with Gasteiger partial charge in [0.25, 0.3) is 0 Å². The third-order valence-electron chi connectivity index (χ3n) is 4.61. The maximum absolute atomic E-state index is 5.76. The van der Waals surface area contributed by atoms with E-state index in [1.807, 2.05) is 61.7 Å². The fourth-order valence-corrected chi connectivity index (χ4v) is 3.34. The molecule has 2 aromatic carbocycles. The fraction of sp³-hybridized carbons (Fsp3) is 0.0400. The third-order valence-corrected chi connectivity index (χ3v) is 4.61. The molecule has 2 nitrogen and oxygen atoms in total. The molecule has 2 heteroatoms. The summed E-state index contributed by atoms with van der Waals surface area (Å²) in [5, 5.41) is 2.09. The van der Waals surface area contributed by atoms with Crippen molar-refractivity contribution < 1.29 is 0 Å². The number of aromatic nitrogens is 2. The number of allylic oxidation sites excluding steroid dienone is 4. The summed E-state index contributed by atoms with van der Waals surface area (Å²) >= 11 is 0. The Kier molecular flexibility index (Phi) is 4.51. The third kappa shape index (κ3) is 3.01. The van der Waals surface area contributed by atoms with Gasteiger partial charge in [0.05, 0.1) is 11.0 Å². The molecule has 4 rings (SSSR count). The molecule has 0 saturated carbocycles. The number of benzene rings is 2. The van der Waals surface area contributed by atoms with Gasteiger partial charge in [0, 0.05) is 34.3 Å². The van der Waals surface area contributed by atoms with Gasteiger partial charge in [-0.3, -0.25) is 9.97 Å². The molecule has 0 unspecified atom stereocenters. The number of terminal acetylenes is 1. The van der Waals surface area contributed by atoms with Crippen LogP contribution < -0.4 is 0 Å². The number of fused-ring (bicyclic) bond motifs is 3. The van der Waals surface area contributed by atoms with Crippen molar-refractivity contribution in [2.45, 2.75) is 6.92 Å². The van der Waals surface area contributed by atoms with Gasteiger partial charge >= 0.3 is 0 Å². The quantitative estimate of drug-likeness (QED) is 0.257. The van der Waals surface area contributed by atoms with E-state index in [4.69, 9.17) is 6.42 Å². The normalized spacial score (nSPS) is 11.9. The fourth-order valence-electron chi connectivity index (χ4n) is 3.34. The molecule has 0 atom stereocenters. The Bertz CT molecular complexity index is 1230. The van der Waals surface area contributed by atoms with Gasteiger partial charge in [-0.05, 0) is 36.3 Å². The van der Waals surface area contributed by atoms with Crippen molar-refractivity contribution in [2.75, 3.05) is 0 Å². The van der Waals surface area contributed by atoms with Crippen molar-refractivity contribution in [3.63, 3.8) is 0 Å². The van der Waals surface area contributed by atoms with Crippen LogP contribution in [0.2, 0.25) is 0 Å². The van der Waals surface area contributed by atoms with Crippen LogP contribution in [0.4, 0.5) is 0 Å². The lowest BCUT2D eigenvalue weighted by atomic mass is 9.96. The summed E-state index contributed by atoms with van der Waals surface area (Å²) in [5.41, 5.74) is 5.89. The zero-order chi connectivity index (χ0) is 18.6. The maximum Gasteiger partial charge on any atom is 0.0971 e. The van der Waals surface area contributed by atoms with E-state index in [0.717, 1.165) is 44.1 Å². The van der Waals surface area contributed by atoms with E-state index in [9.17, 15) is 0 Å². The van der Waals surface area contributed by atoms with Crippen molar-refractivity contribution in [1.29, 1.82) is 0 Å². The standard InChI is InChI=1S/C25H18N2/c1-3-5-9-18(4-2)20-14-16-26-24-22(20)12-13-23-21(15-17-27-25(23)24)19-10-7-6-8-11-19/h2-3,5-17H,1H3/b5-3-,18-9+. The highest BCUT2D eigenvalue weighted by Crippen LogP contribution is 2.33. The zero-order valence-electron chi connectivity index (χ0n) is 15.1. The summed E-state index contributed by atoms with van der Waals surface area (Å²) < 4.78 is 0. The van der Waals surface area contributed by atoms with E-state index < -0.39 is 0 Å². The summed E-state index contributed by atoms with van der Waals surface area (Å²) in [4.78, 5) is 9.26. The van der Waals surface area contributed by atoms with Crippen LogP contribution >= 0.6 is 0 Å². The number of nitrogens with zero attached hydrogens (tertiary/aromatic N) is 2. The molecule has 0 fully saturated rings. The van der Waals surface area contributed by atoms with Gasteiger partial charge in [-0.25, -0.2) is 0 Å². The van der Waals surface area contributed by atoms with Crippen molar-refractivity contribution in [3.05, 3.63) is 90.8 Å². The molecule has 4 aromatic rings. The topological polar surface area (TPSA) is 25.8 Å². The van der Waals surface area contributed by atoms with Crippen molar-refractivity contribution in [1.82, 2.24) is 9.97 Å². The average Bonchev–Trinajstić information content (AvgIpc) is 2.74. The van der Waals surface area contributed by atoms with Crippen LogP contribution in [0, 0.1) is 12.3 Å². The predicted octanol–water partition coefficient (Wildman–Crippen LogP) is 6.04. The first kappa shape index (κ1) is 16.8. The van der Waals surface area contributed by atoms with Crippen LogP contribution in [0.1, 0.15) is 12.5 Å². The summed E-state index contributed by atoms with van der Waals surface area (Å²) in [6.07, 6.45) is 15.3. The molecular weight excluding hydrogens is 328 g/mol. The molecule has 0 spiro atoms. The lowest BCUT2D eigenvalue weighted by Gasteiger charge is -2.10. The molecule has 0 bridgehead atoms. The minimum atomic E-state index is 0.832. The van der Waals surface area contributed by atoms with Crippen LogP contribution in [0.15, 0.2) is 85.2 Å². The highest BCUT2D eigenvalue weighted by Gasteiger charge is 2.12. The van der Waals surface area contributed by atoms with Crippen LogP contribution in [-0.2, 0) is 0 Å². The second kappa shape index (κ2) is 7.27. The van der Waals surface area contributed by atoms with E-state index in [1.165, 1.54) is 0 Å². The van der Waals surface area contributed by atoms with Gasteiger partial charge in [-0.2, -0.15) is 0 Å². The van der Waals surface area contributed by atoms with E-state index in [1.54, 1.807) is 6.20 Å². The van der Waals surface area contributed by atoms with Gasteiger partial charge in [0.2, 0.25) is 0 Å². The Labute approximate surface area is 158 Å². The lowest BCUT2D eigenvalue weighted by molar-refractivity contribution is 1.37. The van der Waals surface area contributed by atoms with Crippen molar-refractivity contribution >= 4 is 27.4 Å². The molecule has 2 heterocycles. The molecule has 0 saturated heterocycles. The Hall–Kier alpha value is -3.70. The van der Waals surface area contributed by atoms with Crippen LogP contribution in [-0.4, -0.2) is 9.97 Å². The Morgan fingerprint density at radius 3 is 2.33 bits per heavy atom. The van der Waals surface area contributed by atoms with Gasteiger partial charge in [-0.15, -0.1) is 6.42 Å².